The second kappa shape index (κ2) is 5.95. The highest BCUT2D eigenvalue weighted by Gasteiger charge is 2.31. The molecule has 0 fully saturated rings. The van der Waals surface area contributed by atoms with E-state index in [0.29, 0.717) is 18.2 Å². The Morgan fingerprint density at radius 3 is 2.33 bits per heavy atom. The molecule has 2 nitrogen and oxygen atoms in total. The van der Waals surface area contributed by atoms with E-state index in [1.165, 1.54) is 0 Å². The van der Waals surface area contributed by atoms with Gasteiger partial charge in [0, 0.05) is 6.54 Å². The molecule has 0 saturated carbocycles. The minimum atomic E-state index is -4.62. The van der Waals surface area contributed by atoms with Gasteiger partial charge >= 0.3 is 6.18 Å². The minimum Gasteiger partial charge on any atom is -0.348 e. The normalized spacial score (nSPS) is 11.2. The smallest absolute Gasteiger partial charge is 0.348 e. The van der Waals surface area contributed by atoms with E-state index >= 15 is 0 Å². The van der Waals surface area contributed by atoms with Gasteiger partial charge in [-0.25, -0.2) is 4.39 Å². The third-order valence-electron chi connectivity index (χ3n) is 2.83. The molecule has 1 N–H and O–H groups in total. The number of carbonyl (C=O) groups is 1. The van der Waals surface area contributed by atoms with Gasteiger partial charge in [0.1, 0.15) is 5.82 Å². The first-order chi connectivity index (χ1) is 9.88. The fourth-order valence-corrected chi connectivity index (χ4v) is 1.75. The zero-order chi connectivity index (χ0) is 15.5. The van der Waals surface area contributed by atoms with Gasteiger partial charge in [-0.1, -0.05) is 30.3 Å². The summed E-state index contributed by atoms with van der Waals surface area (Å²) >= 11 is 0. The first-order valence-corrected chi connectivity index (χ1v) is 6.07. The van der Waals surface area contributed by atoms with Crippen molar-refractivity contribution in [2.24, 2.45) is 0 Å². The van der Waals surface area contributed by atoms with Gasteiger partial charge in [0.05, 0.1) is 11.1 Å². The molecule has 0 bridgehead atoms. The Morgan fingerprint density at radius 2 is 1.71 bits per heavy atom. The first-order valence-electron chi connectivity index (χ1n) is 6.07. The summed E-state index contributed by atoms with van der Waals surface area (Å²) < 4.78 is 51.2. The lowest BCUT2D eigenvalue weighted by Gasteiger charge is -2.10. The largest absolute Gasteiger partial charge is 0.416 e. The van der Waals surface area contributed by atoms with Gasteiger partial charge in [-0.15, -0.1) is 0 Å². The minimum absolute atomic E-state index is 0.107. The van der Waals surface area contributed by atoms with Crippen molar-refractivity contribution < 1.29 is 22.4 Å². The van der Waals surface area contributed by atoms with E-state index in [4.69, 9.17) is 0 Å². The van der Waals surface area contributed by atoms with Crippen LogP contribution in [0.5, 0.6) is 0 Å². The van der Waals surface area contributed by atoms with Crippen LogP contribution in [-0.2, 0) is 12.7 Å². The van der Waals surface area contributed by atoms with Crippen LogP contribution in [0, 0.1) is 5.82 Å². The van der Waals surface area contributed by atoms with Gasteiger partial charge in [0.15, 0.2) is 0 Å². The topological polar surface area (TPSA) is 29.1 Å². The summed E-state index contributed by atoms with van der Waals surface area (Å²) in [6.07, 6.45) is -4.62. The van der Waals surface area contributed by atoms with Crippen molar-refractivity contribution in [1.29, 1.82) is 0 Å². The van der Waals surface area contributed by atoms with Gasteiger partial charge in [0.25, 0.3) is 5.91 Å². The number of alkyl halides is 3. The average molecular weight is 297 g/mol. The molecule has 0 heterocycles. The fourth-order valence-electron chi connectivity index (χ4n) is 1.75. The molecular weight excluding hydrogens is 286 g/mol. The number of amides is 1. The maximum absolute atomic E-state index is 13.5. The van der Waals surface area contributed by atoms with Crippen molar-refractivity contribution in [1.82, 2.24) is 5.32 Å². The molecule has 0 unspecified atom stereocenters. The summed E-state index contributed by atoms with van der Waals surface area (Å²) in [7, 11) is 0. The van der Waals surface area contributed by atoms with E-state index in [1.807, 2.05) is 0 Å². The molecule has 21 heavy (non-hydrogen) atoms. The number of carbonyl (C=O) groups excluding carboxylic acids is 1. The standard InChI is InChI=1S/C15H11F4NO/c16-13-7-6-11(15(17,18)19)8-12(13)14(21)20-9-10-4-2-1-3-5-10/h1-8H,9H2,(H,20,21). The van der Waals surface area contributed by atoms with Gasteiger partial charge < -0.3 is 5.32 Å². The van der Waals surface area contributed by atoms with E-state index in [2.05, 4.69) is 5.32 Å². The Balaban J connectivity index is 2.15. The Morgan fingerprint density at radius 1 is 1.05 bits per heavy atom. The van der Waals surface area contributed by atoms with Crippen LogP contribution in [0.25, 0.3) is 0 Å². The lowest BCUT2D eigenvalue weighted by atomic mass is 10.1. The van der Waals surface area contributed by atoms with E-state index < -0.39 is 29.0 Å². The molecule has 0 aliphatic rings. The van der Waals surface area contributed by atoms with Crippen LogP contribution in [0.1, 0.15) is 21.5 Å². The lowest BCUT2D eigenvalue weighted by Crippen LogP contribution is -2.24. The number of benzene rings is 2. The van der Waals surface area contributed by atoms with Crippen LogP contribution in [0.2, 0.25) is 0 Å². The third-order valence-corrected chi connectivity index (χ3v) is 2.83. The number of hydrogen-bond donors (Lipinski definition) is 1. The molecule has 0 spiro atoms. The van der Waals surface area contributed by atoms with Crippen molar-refractivity contribution in [2.75, 3.05) is 0 Å². The highest BCUT2D eigenvalue weighted by molar-refractivity contribution is 5.94. The van der Waals surface area contributed by atoms with Crippen LogP contribution in [0.15, 0.2) is 48.5 Å². The molecule has 0 aromatic heterocycles. The molecule has 0 radical (unpaired) electrons. The van der Waals surface area contributed by atoms with E-state index in [-0.39, 0.29) is 6.54 Å². The number of halogens is 4. The summed E-state index contributed by atoms with van der Waals surface area (Å²) in [5.41, 5.74) is -0.923. The predicted molar refractivity (Wildman–Crippen MR) is 69.0 cm³/mol. The van der Waals surface area contributed by atoms with Crippen molar-refractivity contribution in [3.8, 4) is 0 Å². The monoisotopic (exact) mass is 297 g/mol. The second-order valence-corrected chi connectivity index (χ2v) is 4.36. The van der Waals surface area contributed by atoms with E-state index in [9.17, 15) is 22.4 Å². The maximum Gasteiger partial charge on any atom is 0.416 e. The Kier molecular flexibility index (Phi) is 4.26. The number of nitrogens with one attached hydrogen (secondary N) is 1. The zero-order valence-electron chi connectivity index (χ0n) is 10.7. The number of rotatable bonds is 3. The molecule has 2 aromatic rings. The Hall–Kier alpha value is -2.37. The molecule has 110 valence electrons. The Bertz CT molecular complexity index is 638. The van der Waals surface area contributed by atoms with Gasteiger partial charge in [0.2, 0.25) is 0 Å². The quantitative estimate of drug-likeness (QED) is 0.858. The Labute approximate surface area is 118 Å². The highest BCUT2D eigenvalue weighted by Crippen LogP contribution is 2.30. The molecule has 0 atom stereocenters. The van der Waals surface area contributed by atoms with Crippen LogP contribution in [-0.4, -0.2) is 5.91 Å². The third kappa shape index (κ3) is 3.81. The summed E-state index contributed by atoms with van der Waals surface area (Å²) in [5, 5.41) is 2.39. The molecule has 0 saturated heterocycles. The summed E-state index contributed by atoms with van der Waals surface area (Å²) in [5.74, 6) is -1.88. The summed E-state index contributed by atoms with van der Waals surface area (Å²) in [6, 6.07) is 10.5. The van der Waals surface area contributed by atoms with E-state index in [1.54, 1.807) is 30.3 Å². The summed E-state index contributed by atoms with van der Waals surface area (Å²) in [6.45, 7) is 0.107. The second-order valence-electron chi connectivity index (χ2n) is 4.36. The van der Waals surface area contributed by atoms with E-state index in [0.717, 1.165) is 5.56 Å². The van der Waals surface area contributed by atoms with Crippen LogP contribution >= 0.6 is 0 Å². The molecule has 6 heteroatoms. The first kappa shape index (κ1) is 15.0. The molecule has 2 rings (SSSR count). The zero-order valence-corrected chi connectivity index (χ0v) is 10.7. The predicted octanol–water partition coefficient (Wildman–Crippen LogP) is 3.77. The fraction of sp³-hybridized carbons (Fsp3) is 0.133. The highest BCUT2D eigenvalue weighted by atomic mass is 19.4. The number of hydrogen-bond acceptors (Lipinski definition) is 1. The van der Waals surface area contributed by atoms with Crippen LogP contribution in [0.3, 0.4) is 0 Å². The molecule has 2 aromatic carbocycles. The van der Waals surface area contributed by atoms with Crippen LogP contribution in [0.4, 0.5) is 17.6 Å². The SMILES string of the molecule is O=C(NCc1ccccc1)c1cc(C(F)(F)F)ccc1F. The van der Waals surface area contributed by atoms with Gasteiger partial charge in [-0.05, 0) is 23.8 Å². The molecular formula is C15H11F4NO. The van der Waals surface area contributed by atoms with Crippen molar-refractivity contribution in [3.63, 3.8) is 0 Å². The van der Waals surface area contributed by atoms with Crippen molar-refractivity contribution >= 4 is 5.91 Å². The molecule has 0 aliphatic heterocycles. The van der Waals surface area contributed by atoms with Gasteiger partial charge in [-0.3, -0.25) is 4.79 Å². The maximum atomic E-state index is 13.5. The van der Waals surface area contributed by atoms with Gasteiger partial charge in [-0.2, -0.15) is 13.2 Å². The average Bonchev–Trinajstić information content (AvgIpc) is 2.45. The summed E-state index contributed by atoms with van der Waals surface area (Å²) in [4.78, 5) is 11.8. The molecule has 0 aliphatic carbocycles. The van der Waals surface area contributed by atoms with Crippen molar-refractivity contribution in [3.05, 3.63) is 71.0 Å². The molecule has 1 amide bonds. The van der Waals surface area contributed by atoms with Crippen LogP contribution < -0.4 is 5.32 Å². The lowest BCUT2D eigenvalue weighted by molar-refractivity contribution is -0.137. The van der Waals surface area contributed by atoms with Crippen molar-refractivity contribution in [2.45, 2.75) is 12.7 Å².